The van der Waals surface area contributed by atoms with Crippen LogP contribution in [0.1, 0.15) is 31.2 Å². The Hall–Kier alpha value is -1.06. The molecule has 1 amide bonds. The van der Waals surface area contributed by atoms with Crippen molar-refractivity contribution in [2.45, 2.75) is 32.1 Å². The van der Waals surface area contributed by atoms with Gasteiger partial charge in [-0.2, -0.15) is 0 Å². The first-order valence-corrected chi connectivity index (χ1v) is 6.79. The molecule has 0 saturated heterocycles. The fourth-order valence-electron chi connectivity index (χ4n) is 2.28. The number of rotatable bonds is 7. The van der Waals surface area contributed by atoms with E-state index in [1.807, 2.05) is 18.2 Å². The Balaban J connectivity index is 0.00000180. The fourth-order valence-corrected chi connectivity index (χ4v) is 2.28. The van der Waals surface area contributed by atoms with Crippen molar-refractivity contribution >= 4 is 18.3 Å². The molecule has 3 nitrogen and oxygen atoms in total. The smallest absolute Gasteiger partial charge is 0.226 e. The first kappa shape index (κ1) is 16.0. The van der Waals surface area contributed by atoms with Crippen molar-refractivity contribution in [2.24, 2.45) is 11.1 Å². The summed E-state index contributed by atoms with van der Waals surface area (Å²) in [7, 11) is 0. The van der Waals surface area contributed by atoms with Gasteiger partial charge in [-0.1, -0.05) is 30.3 Å². The molecule has 1 fully saturated rings. The van der Waals surface area contributed by atoms with E-state index < -0.39 is 0 Å². The van der Waals surface area contributed by atoms with Gasteiger partial charge in [0.05, 0.1) is 5.41 Å². The zero-order chi connectivity index (χ0) is 12.8. The Kier molecular flexibility index (Phi) is 6.32. The lowest BCUT2D eigenvalue weighted by atomic mass is 9.95. The molecule has 4 heteroatoms. The number of nitrogens with two attached hydrogens (primary N) is 1. The van der Waals surface area contributed by atoms with E-state index in [9.17, 15) is 4.79 Å². The van der Waals surface area contributed by atoms with Gasteiger partial charge in [-0.3, -0.25) is 4.79 Å². The lowest BCUT2D eigenvalue weighted by molar-refractivity contribution is -0.126. The molecular weight excluding hydrogens is 260 g/mol. The second-order valence-electron chi connectivity index (χ2n) is 5.19. The lowest BCUT2D eigenvalue weighted by Crippen LogP contribution is -2.34. The van der Waals surface area contributed by atoms with E-state index in [2.05, 4.69) is 17.4 Å². The Labute approximate surface area is 121 Å². The van der Waals surface area contributed by atoms with Crippen LogP contribution in [-0.4, -0.2) is 19.0 Å². The number of hydrogen-bond acceptors (Lipinski definition) is 2. The zero-order valence-electron chi connectivity index (χ0n) is 11.2. The number of nitrogens with one attached hydrogen (secondary N) is 1. The first-order valence-electron chi connectivity index (χ1n) is 6.79. The molecule has 2 rings (SSSR count). The monoisotopic (exact) mass is 282 g/mol. The van der Waals surface area contributed by atoms with Crippen LogP contribution in [0.4, 0.5) is 0 Å². The summed E-state index contributed by atoms with van der Waals surface area (Å²) in [6.45, 7) is 1.46. The van der Waals surface area contributed by atoms with Gasteiger partial charge in [-0.05, 0) is 44.2 Å². The minimum absolute atomic E-state index is 0. The predicted octanol–water partition coefficient (Wildman–Crippen LogP) is 2.29. The number of amides is 1. The van der Waals surface area contributed by atoms with Crippen molar-refractivity contribution < 1.29 is 4.79 Å². The van der Waals surface area contributed by atoms with E-state index in [1.165, 1.54) is 5.56 Å². The van der Waals surface area contributed by atoms with Crippen molar-refractivity contribution in [1.29, 1.82) is 0 Å². The Morgan fingerprint density at radius 2 is 1.89 bits per heavy atom. The van der Waals surface area contributed by atoms with Crippen LogP contribution in [0.15, 0.2) is 30.3 Å². The summed E-state index contributed by atoms with van der Waals surface area (Å²) in [5, 5.41) is 3.05. The van der Waals surface area contributed by atoms with Crippen LogP contribution in [0, 0.1) is 5.41 Å². The van der Waals surface area contributed by atoms with Crippen molar-refractivity contribution in [1.82, 2.24) is 5.32 Å². The summed E-state index contributed by atoms with van der Waals surface area (Å²) >= 11 is 0. The van der Waals surface area contributed by atoms with Gasteiger partial charge in [0, 0.05) is 6.54 Å². The largest absolute Gasteiger partial charge is 0.356 e. The van der Waals surface area contributed by atoms with E-state index in [-0.39, 0.29) is 23.7 Å². The molecule has 1 aromatic rings. The number of carbonyl (C=O) groups excluding carboxylic acids is 1. The standard InChI is InChI=1S/C15H22N2O.ClH/c16-10-4-5-11-17-14(18)15(8-9-15)12-13-6-2-1-3-7-13;/h1-3,6-7H,4-5,8-12,16H2,(H,17,18);1H. The zero-order valence-corrected chi connectivity index (χ0v) is 12.0. The summed E-state index contributed by atoms with van der Waals surface area (Å²) in [4.78, 5) is 12.2. The molecular formula is C15H23ClN2O. The number of halogens is 1. The third kappa shape index (κ3) is 4.51. The second-order valence-corrected chi connectivity index (χ2v) is 5.19. The molecule has 0 aromatic heterocycles. The summed E-state index contributed by atoms with van der Waals surface area (Å²) < 4.78 is 0. The van der Waals surface area contributed by atoms with Gasteiger partial charge in [0.1, 0.15) is 0 Å². The van der Waals surface area contributed by atoms with Gasteiger partial charge >= 0.3 is 0 Å². The average molecular weight is 283 g/mol. The van der Waals surface area contributed by atoms with Crippen LogP contribution >= 0.6 is 12.4 Å². The molecule has 0 heterocycles. The number of unbranched alkanes of at least 4 members (excludes halogenated alkanes) is 1. The topological polar surface area (TPSA) is 55.1 Å². The van der Waals surface area contributed by atoms with Gasteiger partial charge in [-0.25, -0.2) is 0 Å². The highest BCUT2D eigenvalue weighted by atomic mass is 35.5. The SMILES string of the molecule is Cl.NCCCCNC(=O)C1(Cc2ccccc2)CC1. The van der Waals surface area contributed by atoms with E-state index in [0.717, 1.165) is 38.6 Å². The molecule has 1 aromatic carbocycles. The van der Waals surface area contributed by atoms with Gasteiger partial charge in [-0.15, -0.1) is 12.4 Å². The highest BCUT2D eigenvalue weighted by Crippen LogP contribution is 2.48. The van der Waals surface area contributed by atoms with Crippen molar-refractivity contribution in [3.63, 3.8) is 0 Å². The van der Waals surface area contributed by atoms with Crippen molar-refractivity contribution in [3.8, 4) is 0 Å². The molecule has 19 heavy (non-hydrogen) atoms. The third-order valence-corrected chi connectivity index (χ3v) is 3.64. The average Bonchev–Trinajstić information content (AvgIpc) is 3.16. The number of hydrogen-bond donors (Lipinski definition) is 2. The molecule has 0 bridgehead atoms. The summed E-state index contributed by atoms with van der Waals surface area (Å²) in [6, 6.07) is 10.3. The molecule has 1 saturated carbocycles. The van der Waals surface area contributed by atoms with Crippen molar-refractivity contribution in [2.75, 3.05) is 13.1 Å². The van der Waals surface area contributed by atoms with Crippen LogP contribution in [0.2, 0.25) is 0 Å². The number of carbonyl (C=O) groups is 1. The van der Waals surface area contributed by atoms with E-state index in [1.54, 1.807) is 0 Å². The predicted molar refractivity (Wildman–Crippen MR) is 80.4 cm³/mol. The van der Waals surface area contributed by atoms with Crippen molar-refractivity contribution in [3.05, 3.63) is 35.9 Å². The highest BCUT2D eigenvalue weighted by Gasteiger charge is 2.49. The van der Waals surface area contributed by atoms with E-state index in [4.69, 9.17) is 5.73 Å². The molecule has 0 radical (unpaired) electrons. The van der Waals surface area contributed by atoms with Gasteiger partial charge in [0.15, 0.2) is 0 Å². The van der Waals surface area contributed by atoms with E-state index in [0.29, 0.717) is 6.54 Å². The molecule has 3 N–H and O–H groups in total. The maximum absolute atomic E-state index is 12.2. The maximum atomic E-state index is 12.2. The summed E-state index contributed by atoms with van der Waals surface area (Å²) in [5.41, 5.74) is 6.57. The normalized spacial score (nSPS) is 15.4. The molecule has 0 aliphatic heterocycles. The van der Waals surface area contributed by atoms with Crippen LogP contribution in [-0.2, 0) is 11.2 Å². The van der Waals surface area contributed by atoms with Crippen LogP contribution < -0.4 is 11.1 Å². The van der Waals surface area contributed by atoms with Gasteiger partial charge < -0.3 is 11.1 Å². The summed E-state index contributed by atoms with van der Waals surface area (Å²) in [6.07, 6.45) is 4.86. The third-order valence-electron chi connectivity index (χ3n) is 3.64. The number of benzene rings is 1. The molecule has 1 aliphatic carbocycles. The van der Waals surface area contributed by atoms with Gasteiger partial charge in [0.25, 0.3) is 0 Å². The first-order chi connectivity index (χ1) is 8.77. The minimum atomic E-state index is -0.121. The molecule has 1 aliphatic rings. The Morgan fingerprint density at radius 3 is 2.47 bits per heavy atom. The van der Waals surface area contributed by atoms with E-state index >= 15 is 0 Å². The lowest BCUT2D eigenvalue weighted by Gasteiger charge is -2.15. The summed E-state index contributed by atoms with van der Waals surface area (Å²) in [5.74, 6) is 0.225. The Bertz CT molecular complexity index is 390. The maximum Gasteiger partial charge on any atom is 0.226 e. The second kappa shape index (κ2) is 7.51. The molecule has 0 unspecified atom stereocenters. The quantitative estimate of drug-likeness (QED) is 0.754. The molecule has 106 valence electrons. The highest BCUT2D eigenvalue weighted by molar-refractivity contribution is 5.85. The molecule has 0 spiro atoms. The Morgan fingerprint density at radius 1 is 1.21 bits per heavy atom. The van der Waals surface area contributed by atoms with Gasteiger partial charge in [0.2, 0.25) is 5.91 Å². The van der Waals surface area contributed by atoms with Crippen LogP contribution in [0.5, 0.6) is 0 Å². The minimum Gasteiger partial charge on any atom is -0.356 e. The van der Waals surface area contributed by atoms with Crippen LogP contribution in [0.25, 0.3) is 0 Å². The molecule has 0 atom stereocenters. The van der Waals surface area contributed by atoms with Crippen LogP contribution in [0.3, 0.4) is 0 Å². The fraction of sp³-hybridized carbons (Fsp3) is 0.533.